The second kappa shape index (κ2) is 5.92. The Bertz CT molecular complexity index is 530. The maximum absolute atomic E-state index is 11.8. The number of nitrogens with two attached hydrogens (primary N) is 1. The Hall–Kier alpha value is -2.08. The number of ether oxygens (including phenoxy) is 1. The van der Waals surface area contributed by atoms with Crippen molar-refractivity contribution < 1.29 is 14.3 Å². The molecule has 6 heteroatoms. The van der Waals surface area contributed by atoms with Gasteiger partial charge in [0.1, 0.15) is 5.75 Å². The van der Waals surface area contributed by atoms with Crippen LogP contribution in [0.4, 0.5) is 4.79 Å². The van der Waals surface area contributed by atoms with E-state index in [2.05, 4.69) is 10.6 Å². The molecule has 1 aromatic carbocycles. The molecule has 1 aliphatic carbocycles. The lowest BCUT2D eigenvalue weighted by Gasteiger charge is -2.16. The fourth-order valence-electron chi connectivity index (χ4n) is 2.28. The summed E-state index contributed by atoms with van der Waals surface area (Å²) in [5.74, 6) is 0.180. The Morgan fingerprint density at radius 2 is 2.20 bits per heavy atom. The third-order valence-corrected chi connectivity index (χ3v) is 3.41. The number of carbonyl (C=O) groups excluding carboxylic acids is 2. The van der Waals surface area contributed by atoms with Gasteiger partial charge in [-0.25, -0.2) is 4.79 Å². The van der Waals surface area contributed by atoms with E-state index in [9.17, 15) is 9.59 Å². The Morgan fingerprint density at radius 3 is 2.90 bits per heavy atom. The summed E-state index contributed by atoms with van der Waals surface area (Å²) >= 11 is 0. The molecule has 1 aliphatic rings. The van der Waals surface area contributed by atoms with Gasteiger partial charge in [-0.1, -0.05) is 12.1 Å². The standard InChI is InChI=1S/C14H19N3O3/c1-8(13(18)17-14(19)16-2)20-12-5-3-4-9-10(12)6-7-11(9)15/h3-5,8,11H,6-7,15H2,1-2H3,(H2,16,17,18,19). The molecule has 0 saturated heterocycles. The van der Waals surface area contributed by atoms with Gasteiger partial charge in [0.25, 0.3) is 5.91 Å². The van der Waals surface area contributed by atoms with Crippen LogP contribution in [-0.2, 0) is 11.2 Å². The predicted octanol–water partition coefficient (Wildman–Crippen LogP) is 0.855. The van der Waals surface area contributed by atoms with Crippen LogP contribution in [0.1, 0.15) is 30.5 Å². The van der Waals surface area contributed by atoms with Crippen molar-refractivity contribution in [2.24, 2.45) is 5.73 Å². The van der Waals surface area contributed by atoms with Crippen LogP contribution < -0.4 is 21.1 Å². The zero-order valence-electron chi connectivity index (χ0n) is 11.6. The molecule has 0 aliphatic heterocycles. The summed E-state index contributed by atoms with van der Waals surface area (Å²) in [5.41, 5.74) is 8.13. The largest absolute Gasteiger partial charge is 0.481 e. The van der Waals surface area contributed by atoms with Crippen LogP contribution in [0.25, 0.3) is 0 Å². The van der Waals surface area contributed by atoms with Gasteiger partial charge in [0.05, 0.1) is 0 Å². The number of imide groups is 1. The van der Waals surface area contributed by atoms with E-state index in [0.29, 0.717) is 5.75 Å². The third-order valence-electron chi connectivity index (χ3n) is 3.41. The number of nitrogens with one attached hydrogen (secondary N) is 2. The van der Waals surface area contributed by atoms with E-state index in [1.165, 1.54) is 7.05 Å². The lowest BCUT2D eigenvalue weighted by molar-refractivity contribution is -0.126. The van der Waals surface area contributed by atoms with E-state index >= 15 is 0 Å². The summed E-state index contributed by atoms with van der Waals surface area (Å²) in [6, 6.07) is 5.15. The molecule has 2 rings (SSSR count). The van der Waals surface area contributed by atoms with E-state index in [1.54, 1.807) is 6.92 Å². The molecule has 2 atom stereocenters. The van der Waals surface area contributed by atoms with Gasteiger partial charge in [0, 0.05) is 13.1 Å². The highest BCUT2D eigenvalue weighted by Crippen LogP contribution is 2.35. The fourth-order valence-corrected chi connectivity index (χ4v) is 2.28. The minimum absolute atomic E-state index is 0.0311. The van der Waals surface area contributed by atoms with Gasteiger partial charge < -0.3 is 15.8 Å². The monoisotopic (exact) mass is 277 g/mol. The molecule has 4 N–H and O–H groups in total. The first-order valence-corrected chi connectivity index (χ1v) is 6.59. The number of benzene rings is 1. The second-order valence-electron chi connectivity index (χ2n) is 4.80. The minimum Gasteiger partial charge on any atom is -0.481 e. The van der Waals surface area contributed by atoms with Gasteiger partial charge in [-0.3, -0.25) is 10.1 Å². The summed E-state index contributed by atoms with van der Waals surface area (Å²) in [6.07, 6.45) is 0.973. The number of rotatable bonds is 3. The zero-order valence-corrected chi connectivity index (χ0v) is 11.6. The number of hydrogen-bond acceptors (Lipinski definition) is 4. The summed E-state index contributed by atoms with van der Waals surface area (Å²) in [7, 11) is 1.44. The van der Waals surface area contributed by atoms with Crippen LogP contribution >= 0.6 is 0 Å². The zero-order chi connectivity index (χ0) is 14.7. The quantitative estimate of drug-likeness (QED) is 0.763. The Balaban J connectivity index is 2.07. The molecular formula is C14H19N3O3. The highest BCUT2D eigenvalue weighted by atomic mass is 16.5. The normalized spacial score (nSPS) is 18.1. The smallest absolute Gasteiger partial charge is 0.321 e. The number of amides is 3. The molecule has 0 fully saturated rings. The van der Waals surface area contributed by atoms with Gasteiger partial charge in [0.2, 0.25) is 0 Å². The molecule has 0 radical (unpaired) electrons. The van der Waals surface area contributed by atoms with Crippen molar-refractivity contribution in [3.05, 3.63) is 29.3 Å². The number of fused-ring (bicyclic) bond motifs is 1. The number of urea groups is 1. The van der Waals surface area contributed by atoms with Gasteiger partial charge >= 0.3 is 6.03 Å². The van der Waals surface area contributed by atoms with Crippen molar-refractivity contribution in [2.75, 3.05) is 7.05 Å². The van der Waals surface area contributed by atoms with E-state index in [4.69, 9.17) is 10.5 Å². The van der Waals surface area contributed by atoms with E-state index < -0.39 is 18.0 Å². The Morgan fingerprint density at radius 1 is 1.45 bits per heavy atom. The Kier molecular flexibility index (Phi) is 4.24. The lowest BCUT2D eigenvalue weighted by Crippen LogP contribution is -2.44. The van der Waals surface area contributed by atoms with Crippen molar-refractivity contribution in [3.63, 3.8) is 0 Å². The average molecular weight is 277 g/mol. The summed E-state index contributed by atoms with van der Waals surface area (Å²) in [5, 5.41) is 4.51. The Labute approximate surface area is 117 Å². The number of hydrogen-bond donors (Lipinski definition) is 3. The van der Waals surface area contributed by atoms with Crippen LogP contribution in [0.3, 0.4) is 0 Å². The molecule has 1 aromatic rings. The van der Waals surface area contributed by atoms with E-state index in [-0.39, 0.29) is 6.04 Å². The predicted molar refractivity (Wildman–Crippen MR) is 74.4 cm³/mol. The average Bonchev–Trinajstić information content (AvgIpc) is 2.81. The SMILES string of the molecule is CNC(=O)NC(=O)C(C)Oc1cccc2c1CCC2N. The fraction of sp³-hybridized carbons (Fsp3) is 0.429. The van der Waals surface area contributed by atoms with Crippen LogP contribution in [0.2, 0.25) is 0 Å². The highest BCUT2D eigenvalue weighted by molar-refractivity contribution is 5.96. The van der Waals surface area contributed by atoms with Crippen LogP contribution in [-0.4, -0.2) is 25.1 Å². The van der Waals surface area contributed by atoms with E-state index in [0.717, 1.165) is 24.0 Å². The molecule has 0 aromatic heterocycles. The van der Waals surface area contributed by atoms with Gasteiger partial charge in [-0.05, 0) is 37.0 Å². The van der Waals surface area contributed by atoms with Crippen molar-refractivity contribution in [1.82, 2.24) is 10.6 Å². The first-order chi connectivity index (χ1) is 9.52. The molecular weight excluding hydrogens is 258 g/mol. The molecule has 0 saturated carbocycles. The molecule has 2 unspecified atom stereocenters. The van der Waals surface area contributed by atoms with Gasteiger partial charge in [-0.15, -0.1) is 0 Å². The molecule has 6 nitrogen and oxygen atoms in total. The second-order valence-corrected chi connectivity index (χ2v) is 4.80. The van der Waals surface area contributed by atoms with Gasteiger partial charge in [-0.2, -0.15) is 0 Å². The molecule has 3 amide bonds. The first-order valence-electron chi connectivity index (χ1n) is 6.59. The molecule has 0 heterocycles. The van der Waals surface area contributed by atoms with Crippen molar-refractivity contribution in [3.8, 4) is 5.75 Å². The van der Waals surface area contributed by atoms with E-state index in [1.807, 2.05) is 18.2 Å². The first kappa shape index (κ1) is 14.3. The maximum Gasteiger partial charge on any atom is 0.321 e. The van der Waals surface area contributed by atoms with Crippen LogP contribution in [0, 0.1) is 0 Å². The maximum atomic E-state index is 11.8. The molecule has 20 heavy (non-hydrogen) atoms. The van der Waals surface area contributed by atoms with Crippen LogP contribution in [0.5, 0.6) is 5.75 Å². The molecule has 108 valence electrons. The third kappa shape index (κ3) is 2.91. The van der Waals surface area contributed by atoms with Crippen molar-refractivity contribution in [1.29, 1.82) is 0 Å². The highest BCUT2D eigenvalue weighted by Gasteiger charge is 2.24. The topological polar surface area (TPSA) is 93.5 Å². The van der Waals surface area contributed by atoms with Crippen molar-refractivity contribution >= 4 is 11.9 Å². The molecule has 0 spiro atoms. The molecule has 0 bridgehead atoms. The minimum atomic E-state index is -0.754. The summed E-state index contributed by atoms with van der Waals surface area (Å²) in [4.78, 5) is 22.9. The van der Waals surface area contributed by atoms with Crippen LogP contribution in [0.15, 0.2) is 18.2 Å². The van der Waals surface area contributed by atoms with Crippen molar-refractivity contribution in [2.45, 2.75) is 31.9 Å². The lowest BCUT2D eigenvalue weighted by atomic mass is 10.1. The van der Waals surface area contributed by atoms with Gasteiger partial charge in [0.15, 0.2) is 6.10 Å². The summed E-state index contributed by atoms with van der Waals surface area (Å²) < 4.78 is 5.67. The number of carbonyl (C=O) groups is 2. The summed E-state index contributed by atoms with van der Waals surface area (Å²) in [6.45, 7) is 1.60.